The maximum Gasteiger partial charge on any atom is 0.359 e. The molecule has 4 rings (SSSR count). The van der Waals surface area contributed by atoms with Gasteiger partial charge in [0, 0.05) is 17.4 Å². The third-order valence-corrected chi connectivity index (χ3v) is 6.17. The zero-order chi connectivity index (χ0) is 26.4. The molecule has 0 bridgehead atoms. The van der Waals surface area contributed by atoms with Crippen LogP contribution in [-0.4, -0.2) is 21.1 Å². The Morgan fingerprint density at radius 1 is 0.972 bits per heavy atom. The number of nitrogens with one attached hydrogen (secondary N) is 1. The summed E-state index contributed by atoms with van der Waals surface area (Å²) >= 11 is 12.6. The van der Waals surface area contributed by atoms with E-state index in [4.69, 9.17) is 32.7 Å². The van der Waals surface area contributed by atoms with E-state index in [2.05, 4.69) is 4.98 Å². The van der Waals surface area contributed by atoms with E-state index in [1.165, 1.54) is 10.6 Å². The van der Waals surface area contributed by atoms with Gasteiger partial charge in [-0.1, -0.05) is 62.2 Å². The van der Waals surface area contributed by atoms with Crippen LogP contribution in [0, 0.1) is 5.41 Å². The predicted molar refractivity (Wildman–Crippen MR) is 145 cm³/mol. The molecule has 0 saturated heterocycles. The highest BCUT2D eigenvalue weighted by Crippen LogP contribution is 2.36. The van der Waals surface area contributed by atoms with E-state index >= 15 is 0 Å². The molecule has 1 N–H and O–H groups in total. The fourth-order valence-corrected chi connectivity index (χ4v) is 4.40. The maximum atomic E-state index is 13.7. The first-order valence-corrected chi connectivity index (χ1v) is 12.5. The highest BCUT2D eigenvalue weighted by molar-refractivity contribution is 6.42. The molecule has 0 unspecified atom stereocenters. The number of pyridine rings is 1. The third kappa shape index (κ3) is 5.55. The molecular weight excluding hydrogens is 499 g/mol. The van der Waals surface area contributed by atoms with Crippen LogP contribution in [0.1, 0.15) is 57.7 Å². The van der Waals surface area contributed by atoms with Crippen molar-refractivity contribution in [1.82, 2.24) is 9.55 Å². The number of H-pyrrole nitrogens is 1. The van der Waals surface area contributed by atoms with Crippen molar-refractivity contribution in [2.24, 2.45) is 5.41 Å². The van der Waals surface area contributed by atoms with Crippen LogP contribution in [0.25, 0.3) is 21.7 Å². The van der Waals surface area contributed by atoms with Gasteiger partial charge >= 0.3 is 5.97 Å². The second kappa shape index (κ2) is 9.49. The molecule has 0 spiro atoms. The lowest BCUT2D eigenvalue weighted by Gasteiger charge is -2.27. The number of benzene rings is 2. The predicted octanol–water partition coefficient (Wildman–Crippen LogP) is 7.37. The Labute approximate surface area is 220 Å². The molecule has 2 heterocycles. The van der Waals surface area contributed by atoms with Gasteiger partial charge in [0.15, 0.2) is 11.4 Å². The van der Waals surface area contributed by atoms with Gasteiger partial charge in [-0.3, -0.25) is 9.36 Å². The summed E-state index contributed by atoms with van der Waals surface area (Å²) in [5.74, 6) is -0.427. The first-order valence-electron chi connectivity index (χ1n) is 11.7. The average Bonchev–Trinajstić information content (AvgIpc) is 3.17. The first kappa shape index (κ1) is 26.1. The van der Waals surface area contributed by atoms with E-state index in [0.29, 0.717) is 10.8 Å². The van der Waals surface area contributed by atoms with Crippen molar-refractivity contribution in [3.8, 4) is 5.75 Å². The summed E-state index contributed by atoms with van der Waals surface area (Å²) in [5.41, 5.74) is 0.373. The number of hydrogen-bond donors (Lipinski definition) is 1. The van der Waals surface area contributed by atoms with E-state index in [9.17, 15) is 9.59 Å². The van der Waals surface area contributed by atoms with E-state index < -0.39 is 11.6 Å². The number of nitrogens with zero attached hydrogens (tertiary/aromatic N) is 1. The highest BCUT2D eigenvalue weighted by atomic mass is 35.5. The molecule has 2 aromatic heterocycles. The molecule has 2 aromatic carbocycles. The van der Waals surface area contributed by atoms with Crippen molar-refractivity contribution in [1.29, 1.82) is 0 Å². The van der Waals surface area contributed by atoms with E-state index in [0.717, 1.165) is 16.6 Å². The van der Waals surface area contributed by atoms with Crippen LogP contribution in [0.2, 0.25) is 10.0 Å². The summed E-state index contributed by atoms with van der Waals surface area (Å²) in [6.07, 6.45) is 0. The Kier molecular flexibility index (Phi) is 6.88. The number of esters is 1. The maximum absolute atomic E-state index is 13.7. The Bertz CT molecular complexity index is 1490. The van der Waals surface area contributed by atoms with E-state index in [-0.39, 0.29) is 45.6 Å². The Hall–Kier alpha value is -2.96. The summed E-state index contributed by atoms with van der Waals surface area (Å²) in [5, 5.41) is 2.25. The number of aromatic amines is 1. The molecule has 0 aliphatic heterocycles. The SMILES string of the molecule is CC(C)(C)Cn1c(C(=O)OC(C)(C)C)c(OCc2cc3ccccc3[nH]2)c2cc(Cl)c(Cl)cc2c1=O. The number of halogens is 2. The van der Waals surface area contributed by atoms with Crippen LogP contribution in [-0.2, 0) is 17.9 Å². The van der Waals surface area contributed by atoms with Crippen LogP contribution in [0.15, 0.2) is 47.3 Å². The number of carbonyl (C=O) groups excluding carboxylic acids is 1. The highest BCUT2D eigenvalue weighted by Gasteiger charge is 2.30. The monoisotopic (exact) mass is 528 g/mol. The molecule has 0 atom stereocenters. The molecule has 4 aromatic rings. The summed E-state index contributed by atoms with van der Waals surface area (Å²) in [7, 11) is 0. The van der Waals surface area contributed by atoms with Crippen LogP contribution in [0.3, 0.4) is 0 Å². The van der Waals surface area contributed by atoms with Crippen LogP contribution >= 0.6 is 23.2 Å². The van der Waals surface area contributed by atoms with E-state index in [1.54, 1.807) is 26.8 Å². The topological polar surface area (TPSA) is 73.3 Å². The largest absolute Gasteiger partial charge is 0.484 e. The molecule has 0 radical (unpaired) electrons. The first-order chi connectivity index (χ1) is 16.7. The van der Waals surface area contributed by atoms with E-state index in [1.807, 2.05) is 51.1 Å². The zero-order valence-corrected chi connectivity index (χ0v) is 22.8. The molecule has 6 nitrogen and oxygen atoms in total. The lowest BCUT2D eigenvalue weighted by molar-refractivity contribution is 0.00496. The Morgan fingerprint density at radius 3 is 2.22 bits per heavy atom. The Balaban J connectivity index is 1.95. The number of carbonyl (C=O) groups is 1. The van der Waals surface area contributed by atoms with Crippen molar-refractivity contribution in [3.05, 3.63) is 74.3 Å². The quantitative estimate of drug-likeness (QED) is 0.274. The van der Waals surface area contributed by atoms with Crippen molar-refractivity contribution >= 4 is 50.8 Å². The molecule has 8 heteroatoms. The average molecular weight is 529 g/mol. The van der Waals surface area contributed by atoms with Crippen LogP contribution in [0.5, 0.6) is 5.75 Å². The smallest absolute Gasteiger partial charge is 0.359 e. The van der Waals surface area contributed by atoms with Crippen molar-refractivity contribution in [2.75, 3.05) is 0 Å². The van der Waals surface area contributed by atoms with Gasteiger partial charge in [0.25, 0.3) is 5.56 Å². The van der Waals surface area contributed by atoms with Gasteiger partial charge < -0.3 is 14.5 Å². The lowest BCUT2D eigenvalue weighted by atomic mass is 9.96. The second-order valence-corrected chi connectivity index (χ2v) is 11.9. The fraction of sp³-hybridized carbons (Fsp3) is 0.357. The van der Waals surface area contributed by atoms with Gasteiger partial charge in [0.05, 0.1) is 21.1 Å². The number of rotatable bonds is 5. The summed E-state index contributed by atoms with van der Waals surface area (Å²) < 4.78 is 13.5. The van der Waals surface area contributed by atoms with Gasteiger partial charge in [-0.05, 0) is 55.8 Å². The van der Waals surface area contributed by atoms with Gasteiger partial charge in [-0.2, -0.15) is 0 Å². The molecule has 190 valence electrons. The molecular formula is C28H30Cl2N2O4. The summed E-state index contributed by atoms with van der Waals surface area (Å²) in [6, 6.07) is 13.0. The summed E-state index contributed by atoms with van der Waals surface area (Å²) in [4.78, 5) is 30.6. The molecule has 0 aliphatic carbocycles. The van der Waals surface area contributed by atoms with Crippen molar-refractivity contribution < 1.29 is 14.3 Å². The van der Waals surface area contributed by atoms with Crippen molar-refractivity contribution in [2.45, 2.75) is 60.3 Å². The van der Waals surface area contributed by atoms with Gasteiger partial charge in [-0.15, -0.1) is 0 Å². The minimum Gasteiger partial charge on any atom is -0.484 e. The molecule has 0 amide bonds. The molecule has 0 fully saturated rings. The van der Waals surface area contributed by atoms with Gasteiger partial charge in [-0.25, -0.2) is 4.79 Å². The number of fused-ring (bicyclic) bond motifs is 2. The van der Waals surface area contributed by atoms with Crippen LogP contribution in [0.4, 0.5) is 0 Å². The molecule has 0 saturated carbocycles. The normalized spacial score (nSPS) is 12.3. The van der Waals surface area contributed by atoms with Gasteiger partial charge in [0.1, 0.15) is 12.2 Å². The van der Waals surface area contributed by atoms with Crippen molar-refractivity contribution in [3.63, 3.8) is 0 Å². The lowest BCUT2D eigenvalue weighted by Crippen LogP contribution is -2.34. The van der Waals surface area contributed by atoms with Crippen LogP contribution < -0.4 is 10.3 Å². The minimum atomic E-state index is -0.777. The molecule has 0 aliphatic rings. The third-order valence-electron chi connectivity index (χ3n) is 5.45. The number of ether oxygens (including phenoxy) is 2. The minimum absolute atomic E-state index is 0.0480. The standard InChI is InChI=1S/C28H30Cl2N2O4/c1-27(2,3)15-32-23(26(34)36-28(4,5)6)24(18-12-20(29)21(30)13-19(18)25(32)33)35-14-17-11-16-9-7-8-10-22(16)31-17/h7-13,31H,14-15H2,1-6H3. The molecule has 36 heavy (non-hydrogen) atoms. The number of aromatic nitrogens is 2. The summed E-state index contributed by atoms with van der Waals surface area (Å²) in [6.45, 7) is 11.7. The number of para-hydroxylation sites is 1. The zero-order valence-electron chi connectivity index (χ0n) is 21.3. The fourth-order valence-electron chi connectivity index (χ4n) is 4.07. The Morgan fingerprint density at radius 2 is 1.61 bits per heavy atom. The number of hydrogen-bond acceptors (Lipinski definition) is 4. The van der Waals surface area contributed by atoms with Gasteiger partial charge in [0.2, 0.25) is 0 Å². The second-order valence-electron chi connectivity index (χ2n) is 11.1.